The van der Waals surface area contributed by atoms with Gasteiger partial charge in [-0.3, -0.25) is 0 Å². The van der Waals surface area contributed by atoms with Crippen molar-refractivity contribution in [3.8, 4) is 0 Å². The van der Waals surface area contributed by atoms with E-state index in [1.807, 2.05) is 26.8 Å². The summed E-state index contributed by atoms with van der Waals surface area (Å²) in [5, 5.41) is 3.39. The third-order valence-electron chi connectivity index (χ3n) is 2.97. The maximum atomic E-state index is 5.56. The Morgan fingerprint density at radius 2 is 2.05 bits per heavy atom. The zero-order chi connectivity index (χ0) is 14.0. The minimum atomic E-state index is 0.143. The number of nitrogens with zero attached hydrogens (tertiary/aromatic N) is 2. The fraction of sp³-hybridized carbons (Fsp3) is 0.429. The lowest BCUT2D eigenvalue weighted by atomic mass is 10.1. The van der Waals surface area contributed by atoms with Crippen molar-refractivity contribution >= 4 is 21.7 Å². The molecule has 0 bridgehead atoms. The van der Waals surface area contributed by atoms with E-state index in [2.05, 4.69) is 44.2 Å². The average Bonchev–Trinajstić information content (AvgIpc) is 2.67. The minimum absolute atomic E-state index is 0.143. The monoisotopic (exact) mass is 323 g/mol. The first-order valence-corrected chi connectivity index (χ1v) is 7.15. The quantitative estimate of drug-likeness (QED) is 0.857. The topological polar surface area (TPSA) is 51.0 Å². The van der Waals surface area contributed by atoms with E-state index < -0.39 is 0 Å². The van der Waals surface area contributed by atoms with Gasteiger partial charge in [0.15, 0.2) is 0 Å². The fourth-order valence-corrected chi connectivity index (χ4v) is 2.50. The van der Waals surface area contributed by atoms with E-state index in [0.29, 0.717) is 0 Å². The van der Waals surface area contributed by atoms with Crippen LogP contribution in [-0.2, 0) is 6.42 Å². The minimum Gasteiger partial charge on any atom is -0.466 e. The molecule has 5 heteroatoms. The predicted molar refractivity (Wildman–Crippen MR) is 79.3 cm³/mol. The predicted octanol–water partition coefficient (Wildman–Crippen LogP) is 4.18. The van der Waals surface area contributed by atoms with E-state index in [-0.39, 0.29) is 6.04 Å². The molecule has 1 N–H and O–H groups in total. The SMILES string of the molecule is CCc1nc(Br)cc(NC(C)c2cc(C)oc2C)n1. The standard InChI is InChI=1S/C14H18BrN3O/c1-5-13-17-12(15)7-14(18-13)16-9(3)11-6-8(2)19-10(11)4/h6-7,9H,5H2,1-4H3,(H,16,17,18). The van der Waals surface area contributed by atoms with Gasteiger partial charge in [-0.25, -0.2) is 9.97 Å². The Labute approximate surface area is 121 Å². The highest BCUT2D eigenvalue weighted by atomic mass is 79.9. The molecule has 0 aromatic carbocycles. The van der Waals surface area contributed by atoms with E-state index in [9.17, 15) is 0 Å². The Morgan fingerprint density at radius 1 is 1.32 bits per heavy atom. The molecule has 4 nitrogen and oxygen atoms in total. The van der Waals surface area contributed by atoms with Crippen LogP contribution in [0.25, 0.3) is 0 Å². The molecule has 0 amide bonds. The summed E-state index contributed by atoms with van der Waals surface area (Å²) in [6.45, 7) is 8.07. The van der Waals surface area contributed by atoms with Crippen molar-refractivity contribution in [2.24, 2.45) is 0 Å². The molecule has 2 heterocycles. The lowest BCUT2D eigenvalue weighted by molar-refractivity contribution is 0.499. The highest BCUT2D eigenvalue weighted by Crippen LogP contribution is 2.25. The number of hydrogen-bond acceptors (Lipinski definition) is 4. The van der Waals surface area contributed by atoms with Crippen LogP contribution in [0.15, 0.2) is 21.2 Å². The first kappa shape index (κ1) is 14.1. The van der Waals surface area contributed by atoms with Crippen LogP contribution in [0.5, 0.6) is 0 Å². The van der Waals surface area contributed by atoms with Crippen LogP contribution in [0.4, 0.5) is 5.82 Å². The Bertz CT molecular complexity index is 580. The van der Waals surface area contributed by atoms with Gasteiger partial charge in [-0.15, -0.1) is 0 Å². The number of rotatable bonds is 4. The molecule has 2 rings (SSSR count). The highest BCUT2D eigenvalue weighted by Gasteiger charge is 2.13. The lowest BCUT2D eigenvalue weighted by Gasteiger charge is -2.14. The second-order valence-electron chi connectivity index (χ2n) is 4.58. The highest BCUT2D eigenvalue weighted by molar-refractivity contribution is 9.10. The van der Waals surface area contributed by atoms with Crippen LogP contribution < -0.4 is 5.32 Å². The molecule has 19 heavy (non-hydrogen) atoms. The number of aryl methyl sites for hydroxylation is 3. The second kappa shape index (κ2) is 5.74. The van der Waals surface area contributed by atoms with Crippen molar-refractivity contribution in [3.63, 3.8) is 0 Å². The third kappa shape index (κ3) is 3.35. The number of aromatic nitrogens is 2. The van der Waals surface area contributed by atoms with Crippen molar-refractivity contribution in [1.82, 2.24) is 9.97 Å². The van der Waals surface area contributed by atoms with Crippen molar-refractivity contribution in [2.75, 3.05) is 5.32 Å². The maximum Gasteiger partial charge on any atom is 0.131 e. The zero-order valence-electron chi connectivity index (χ0n) is 11.6. The molecule has 0 aliphatic carbocycles. The van der Waals surface area contributed by atoms with E-state index in [1.54, 1.807) is 0 Å². The summed E-state index contributed by atoms with van der Waals surface area (Å²) in [5.74, 6) is 3.52. The van der Waals surface area contributed by atoms with E-state index in [0.717, 1.165) is 39.8 Å². The van der Waals surface area contributed by atoms with Gasteiger partial charge >= 0.3 is 0 Å². The Morgan fingerprint density at radius 3 is 2.63 bits per heavy atom. The van der Waals surface area contributed by atoms with E-state index in [1.165, 1.54) is 0 Å². The molecule has 1 unspecified atom stereocenters. The molecule has 0 fully saturated rings. The third-order valence-corrected chi connectivity index (χ3v) is 3.37. The largest absolute Gasteiger partial charge is 0.466 e. The van der Waals surface area contributed by atoms with Crippen LogP contribution in [0.3, 0.4) is 0 Å². The summed E-state index contributed by atoms with van der Waals surface area (Å²) in [4.78, 5) is 8.77. The molecule has 0 saturated heterocycles. The molecule has 1 atom stereocenters. The van der Waals surface area contributed by atoms with Gasteiger partial charge in [0.05, 0.1) is 6.04 Å². The average molecular weight is 324 g/mol. The Kier molecular flexibility index (Phi) is 4.24. The van der Waals surface area contributed by atoms with Crippen LogP contribution in [-0.4, -0.2) is 9.97 Å². The van der Waals surface area contributed by atoms with Crippen molar-refractivity contribution in [1.29, 1.82) is 0 Å². The molecular formula is C14H18BrN3O. The molecule has 0 aliphatic rings. The van der Waals surface area contributed by atoms with Crippen LogP contribution in [0.2, 0.25) is 0 Å². The van der Waals surface area contributed by atoms with Gasteiger partial charge in [0.1, 0.15) is 27.8 Å². The summed E-state index contributed by atoms with van der Waals surface area (Å²) in [7, 11) is 0. The molecule has 0 radical (unpaired) electrons. The molecule has 0 saturated carbocycles. The molecule has 2 aromatic heterocycles. The fourth-order valence-electron chi connectivity index (χ4n) is 2.08. The first-order chi connectivity index (χ1) is 8.99. The van der Waals surface area contributed by atoms with Gasteiger partial charge in [-0.2, -0.15) is 0 Å². The zero-order valence-corrected chi connectivity index (χ0v) is 13.2. The lowest BCUT2D eigenvalue weighted by Crippen LogP contribution is -2.09. The summed E-state index contributed by atoms with van der Waals surface area (Å²) in [6.07, 6.45) is 0.812. The summed E-state index contributed by atoms with van der Waals surface area (Å²) in [6, 6.07) is 4.09. The number of nitrogens with one attached hydrogen (secondary N) is 1. The summed E-state index contributed by atoms with van der Waals surface area (Å²) < 4.78 is 6.36. The van der Waals surface area contributed by atoms with Crippen LogP contribution >= 0.6 is 15.9 Å². The van der Waals surface area contributed by atoms with Gasteiger partial charge in [0, 0.05) is 18.1 Å². The maximum absolute atomic E-state index is 5.56. The molecule has 0 spiro atoms. The van der Waals surface area contributed by atoms with Crippen molar-refractivity contribution < 1.29 is 4.42 Å². The van der Waals surface area contributed by atoms with E-state index >= 15 is 0 Å². The molecule has 2 aromatic rings. The number of furan rings is 1. The van der Waals surface area contributed by atoms with Gasteiger partial charge in [-0.05, 0) is 42.8 Å². The van der Waals surface area contributed by atoms with Gasteiger partial charge in [0.25, 0.3) is 0 Å². The second-order valence-corrected chi connectivity index (χ2v) is 5.39. The van der Waals surface area contributed by atoms with Crippen molar-refractivity contribution in [3.05, 3.63) is 39.6 Å². The van der Waals surface area contributed by atoms with E-state index in [4.69, 9.17) is 4.42 Å². The normalized spacial score (nSPS) is 12.5. The summed E-state index contributed by atoms with van der Waals surface area (Å²) >= 11 is 3.41. The number of halogens is 1. The molecule has 0 aliphatic heterocycles. The summed E-state index contributed by atoms with van der Waals surface area (Å²) in [5.41, 5.74) is 1.16. The van der Waals surface area contributed by atoms with Gasteiger partial charge < -0.3 is 9.73 Å². The Hall–Kier alpha value is -1.36. The van der Waals surface area contributed by atoms with Crippen molar-refractivity contribution in [2.45, 2.75) is 40.2 Å². The first-order valence-electron chi connectivity index (χ1n) is 6.36. The number of hydrogen-bond donors (Lipinski definition) is 1. The van der Waals surface area contributed by atoms with Crippen LogP contribution in [0, 0.1) is 13.8 Å². The van der Waals surface area contributed by atoms with Gasteiger partial charge in [-0.1, -0.05) is 6.92 Å². The Balaban J connectivity index is 2.21. The smallest absolute Gasteiger partial charge is 0.131 e. The number of anilines is 1. The van der Waals surface area contributed by atoms with Gasteiger partial charge in [0.2, 0.25) is 0 Å². The molecular weight excluding hydrogens is 306 g/mol. The van der Waals surface area contributed by atoms with Crippen LogP contribution in [0.1, 0.15) is 42.8 Å². The molecule has 102 valence electrons.